The van der Waals surface area contributed by atoms with Crippen LogP contribution in [0.5, 0.6) is 0 Å². The van der Waals surface area contributed by atoms with E-state index in [1.165, 1.54) is 50.9 Å². The number of nitrogens with zero attached hydrogens (tertiary/aromatic N) is 5. The van der Waals surface area contributed by atoms with Gasteiger partial charge in [-0.25, -0.2) is 19.1 Å². The standard InChI is InChI=1S/C30H38N4O5S.C28H32N2O4/c1-30(2,3)39-29(36)34-18-17-33-25-19-21(28(35)31-40(37,38)32(4)5)15-16-22(25)26(20-11-7-6-8-12-20)27(33)23-13-9-10-14-24(23)34;1-28(2,3)34-27(33)30-16-15-29-23-17-19(26(31)32)13-14-20(23)24(18-9-5-4-6-10-18)25(29)21-11-7-8-12-22(21)30/h9-10,13-16,19-20H,6-8,11-12,17-18H2,1-5H3,(H,31,35);7-8,11-14,17-18H,4-6,9-10,15-16H2,1-3H3,(H,31,32). The van der Waals surface area contributed by atoms with Gasteiger partial charge in [-0.2, -0.15) is 12.7 Å². The molecule has 2 N–H and O–H groups in total. The minimum Gasteiger partial charge on any atom is -0.478 e. The zero-order chi connectivity index (χ0) is 52.9. The molecule has 0 radical (unpaired) electrons. The van der Waals surface area contributed by atoms with Crippen molar-refractivity contribution in [1.82, 2.24) is 18.2 Å². The molecule has 74 heavy (non-hydrogen) atoms. The Bertz CT molecular complexity index is 3260. The largest absolute Gasteiger partial charge is 0.478 e. The summed E-state index contributed by atoms with van der Waals surface area (Å²) in [5, 5.41) is 11.9. The molecule has 0 unspecified atom stereocenters. The number of carbonyl (C=O) groups is 4. The van der Waals surface area contributed by atoms with Crippen LogP contribution in [0, 0.1) is 0 Å². The van der Waals surface area contributed by atoms with E-state index < -0.39 is 39.4 Å². The van der Waals surface area contributed by atoms with Crippen molar-refractivity contribution < 1.29 is 42.2 Å². The van der Waals surface area contributed by atoms with E-state index in [1.807, 2.05) is 96.1 Å². The molecule has 4 aliphatic rings. The molecule has 0 spiro atoms. The second-order valence-electron chi connectivity index (χ2n) is 22.3. The summed E-state index contributed by atoms with van der Waals surface area (Å²) in [5.74, 6) is -0.845. The van der Waals surface area contributed by atoms with Crippen LogP contribution in [0.25, 0.3) is 44.3 Å². The van der Waals surface area contributed by atoms with E-state index in [0.717, 1.165) is 98.5 Å². The summed E-state index contributed by atoms with van der Waals surface area (Å²) in [5.41, 5.74) is 9.39. The molecular weight excluding hydrogens is 957 g/mol. The van der Waals surface area contributed by atoms with Gasteiger partial charge < -0.3 is 23.7 Å². The Labute approximate surface area is 434 Å². The Hall–Kier alpha value is -6.65. The third kappa shape index (κ3) is 10.5. The Morgan fingerprint density at radius 3 is 1.39 bits per heavy atom. The molecule has 4 heterocycles. The van der Waals surface area contributed by atoms with Gasteiger partial charge in [0.1, 0.15) is 11.2 Å². The van der Waals surface area contributed by atoms with E-state index in [9.17, 15) is 32.7 Å². The highest BCUT2D eigenvalue weighted by atomic mass is 32.2. The summed E-state index contributed by atoms with van der Waals surface area (Å²) in [6.07, 6.45) is 10.9. The number of carboxylic acids is 1. The molecular formula is C58H70N6O9S. The van der Waals surface area contributed by atoms with E-state index in [1.54, 1.807) is 34.1 Å². The summed E-state index contributed by atoms with van der Waals surface area (Å²) in [4.78, 5) is 54.8. The Morgan fingerprint density at radius 2 is 0.986 bits per heavy atom. The fourth-order valence-corrected chi connectivity index (χ4v) is 12.0. The number of amides is 3. The summed E-state index contributed by atoms with van der Waals surface area (Å²) >= 11 is 0. The number of carbonyl (C=O) groups excluding carboxylic acids is 3. The lowest BCUT2D eigenvalue weighted by atomic mass is 9.81. The van der Waals surface area contributed by atoms with Gasteiger partial charge in [0.05, 0.1) is 28.3 Å². The molecule has 392 valence electrons. The van der Waals surface area contributed by atoms with Gasteiger partial charge in [0.2, 0.25) is 0 Å². The highest BCUT2D eigenvalue weighted by molar-refractivity contribution is 7.87. The third-order valence-corrected chi connectivity index (χ3v) is 16.1. The van der Waals surface area contributed by atoms with Crippen LogP contribution in [0.4, 0.5) is 21.0 Å². The number of benzene rings is 4. The second kappa shape index (κ2) is 20.6. The van der Waals surface area contributed by atoms with Crippen LogP contribution in [0.2, 0.25) is 0 Å². The van der Waals surface area contributed by atoms with Gasteiger partial charge in [-0.1, -0.05) is 87.1 Å². The van der Waals surface area contributed by atoms with Crippen molar-refractivity contribution in [3.8, 4) is 22.5 Å². The number of rotatable bonds is 6. The van der Waals surface area contributed by atoms with E-state index >= 15 is 0 Å². The summed E-state index contributed by atoms with van der Waals surface area (Å²) < 4.78 is 43.7. The number of fused-ring (bicyclic) bond motifs is 10. The van der Waals surface area contributed by atoms with Crippen LogP contribution in [-0.2, 0) is 32.8 Å². The maximum atomic E-state index is 13.4. The number of carboxylic acid groups (broad SMARTS) is 1. The van der Waals surface area contributed by atoms with Gasteiger partial charge in [0.25, 0.3) is 5.91 Å². The summed E-state index contributed by atoms with van der Waals surface area (Å²) in [7, 11) is -1.19. The molecule has 16 heteroatoms. The quantitative estimate of drug-likeness (QED) is 0.165. The second-order valence-corrected chi connectivity index (χ2v) is 24.2. The van der Waals surface area contributed by atoms with Crippen molar-refractivity contribution in [3.63, 3.8) is 0 Å². The number of hydrogen-bond acceptors (Lipinski definition) is 8. The number of para-hydroxylation sites is 2. The average molecular weight is 1030 g/mol. The van der Waals surface area contributed by atoms with E-state index in [-0.39, 0.29) is 17.2 Å². The fourth-order valence-electron chi connectivity index (χ4n) is 11.4. The molecule has 6 aromatic rings. The van der Waals surface area contributed by atoms with Crippen LogP contribution in [0.15, 0.2) is 84.9 Å². The molecule has 10 rings (SSSR count). The Kier molecular flexibility index (Phi) is 14.5. The lowest BCUT2D eigenvalue weighted by molar-refractivity contribution is 0.0569. The molecule has 2 aliphatic heterocycles. The van der Waals surface area contributed by atoms with Crippen molar-refractivity contribution in [1.29, 1.82) is 0 Å². The highest BCUT2D eigenvalue weighted by Crippen LogP contribution is 2.49. The zero-order valence-corrected chi connectivity index (χ0v) is 44.8. The average Bonchev–Trinajstić information content (AvgIpc) is 3.71. The van der Waals surface area contributed by atoms with Crippen molar-refractivity contribution >= 4 is 67.5 Å². The number of ether oxygens (including phenoxy) is 2. The minimum atomic E-state index is -3.94. The van der Waals surface area contributed by atoms with Gasteiger partial charge in [-0.05, 0) is 127 Å². The van der Waals surface area contributed by atoms with E-state index in [2.05, 4.69) is 19.9 Å². The molecule has 2 aromatic heterocycles. The molecule has 0 saturated heterocycles. The maximum absolute atomic E-state index is 13.4. The first-order valence-corrected chi connectivity index (χ1v) is 27.6. The smallest absolute Gasteiger partial charge is 0.414 e. The van der Waals surface area contributed by atoms with Crippen LogP contribution >= 0.6 is 0 Å². The van der Waals surface area contributed by atoms with Gasteiger partial charge in [0, 0.05) is 78.8 Å². The predicted molar refractivity (Wildman–Crippen MR) is 291 cm³/mol. The van der Waals surface area contributed by atoms with E-state index in [0.29, 0.717) is 38.0 Å². The predicted octanol–water partition coefficient (Wildman–Crippen LogP) is 12.5. The molecule has 0 bridgehead atoms. The zero-order valence-electron chi connectivity index (χ0n) is 44.0. The molecule has 4 aromatic carbocycles. The monoisotopic (exact) mass is 1030 g/mol. The third-order valence-electron chi connectivity index (χ3n) is 14.7. The molecule has 3 amide bonds. The molecule has 15 nitrogen and oxygen atoms in total. The molecule has 2 aliphatic carbocycles. The van der Waals surface area contributed by atoms with Crippen LogP contribution in [-0.4, -0.2) is 89.4 Å². The summed E-state index contributed by atoms with van der Waals surface area (Å²) in [6.45, 7) is 13.1. The SMILES string of the molecule is CC(C)(C)OC(=O)N1CCn2c(c(C3CCCCC3)c3ccc(C(=O)O)cc32)-c2ccccc21.CN(C)S(=O)(=O)NC(=O)c1ccc2c(C3CCCCC3)c3n(c2c1)CCN(C(=O)OC(C)(C)C)c1ccccc1-3. The van der Waals surface area contributed by atoms with Gasteiger partial charge in [0.15, 0.2) is 0 Å². The number of nitrogens with one attached hydrogen (secondary N) is 1. The van der Waals surface area contributed by atoms with Crippen LogP contribution < -0.4 is 14.5 Å². The molecule has 2 fully saturated rings. The summed E-state index contributed by atoms with van der Waals surface area (Å²) in [6, 6.07) is 26.9. The first kappa shape index (κ1) is 52.2. The van der Waals surface area contributed by atoms with Gasteiger partial charge in [-0.15, -0.1) is 0 Å². The number of hydrogen-bond donors (Lipinski definition) is 2. The maximum Gasteiger partial charge on any atom is 0.414 e. The lowest BCUT2D eigenvalue weighted by Gasteiger charge is -2.28. The first-order valence-electron chi connectivity index (χ1n) is 26.1. The van der Waals surface area contributed by atoms with Crippen LogP contribution in [0.3, 0.4) is 0 Å². The van der Waals surface area contributed by atoms with Gasteiger partial charge in [-0.3, -0.25) is 14.6 Å². The van der Waals surface area contributed by atoms with Gasteiger partial charge >= 0.3 is 28.4 Å². The fraction of sp³-hybridized carbons (Fsp3) is 0.448. The Balaban J connectivity index is 0.000000184. The number of aromatic carboxylic acids is 1. The first-order chi connectivity index (χ1) is 35.1. The lowest BCUT2D eigenvalue weighted by Crippen LogP contribution is -2.39. The molecule has 0 atom stereocenters. The molecule has 2 saturated carbocycles. The number of anilines is 2. The van der Waals surface area contributed by atoms with Crippen LogP contribution in [0.1, 0.15) is 149 Å². The minimum absolute atomic E-state index is 0.259. The Morgan fingerprint density at radius 1 is 0.581 bits per heavy atom. The van der Waals surface area contributed by atoms with Crippen molar-refractivity contribution in [2.45, 2.75) is 142 Å². The van der Waals surface area contributed by atoms with Crippen molar-refractivity contribution in [2.75, 3.05) is 37.0 Å². The van der Waals surface area contributed by atoms with E-state index in [4.69, 9.17) is 9.47 Å². The highest BCUT2D eigenvalue weighted by Gasteiger charge is 2.36. The van der Waals surface area contributed by atoms with Crippen molar-refractivity contribution in [3.05, 3.63) is 107 Å². The number of aromatic nitrogens is 2. The van der Waals surface area contributed by atoms with Crippen molar-refractivity contribution in [2.24, 2.45) is 0 Å². The topological polar surface area (TPSA) is 173 Å². The normalized spacial score (nSPS) is 16.5.